The summed E-state index contributed by atoms with van der Waals surface area (Å²) < 4.78 is 76.5. The second kappa shape index (κ2) is 11.2. The number of thiazole rings is 1. The van der Waals surface area contributed by atoms with Crippen molar-refractivity contribution in [2.75, 3.05) is 9.21 Å². The molecule has 0 saturated carbocycles. The van der Waals surface area contributed by atoms with Gasteiger partial charge in [0.05, 0.1) is 23.8 Å². The molecule has 2 aromatic carbocycles. The number of benzene rings is 2. The number of carboxylic acid groups (broad SMARTS) is 1. The molecule has 1 heterocycles. The van der Waals surface area contributed by atoms with Gasteiger partial charge in [0.1, 0.15) is 23.1 Å². The molecule has 3 aromatic rings. The maximum absolute atomic E-state index is 15.3. The Bertz CT molecular complexity index is 1470. The van der Waals surface area contributed by atoms with Crippen LogP contribution in [0.2, 0.25) is 0 Å². The van der Waals surface area contributed by atoms with E-state index in [9.17, 15) is 32.6 Å². The molecule has 0 radical (unpaired) electrons. The molecule has 210 valence electrons. The lowest BCUT2D eigenvalue weighted by atomic mass is 10.0. The summed E-state index contributed by atoms with van der Waals surface area (Å²) in [4.78, 5) is 27.4. The maximum atomic E-state index is 15.3. The summed E-state index contributed by atoms with van der Waals surface area (Å²) in [5.41, 5.74) is -0.623. The van der Waals surface area contributed by atoms with Crippen LogP contribution in [0.3, 0.4) is 0 Å². The highest BCUT2D eigenvalue weighted by atomic mass is 32.2. The lowest BCUT2D eigenvalue weighted by Gasteiger charge is -2.29. The molecule has 0 spiro atoms. The van der Waals surface area contributed by atoms with Gasteiger partial charge in [-0.2, -0.15) is 0 Å². The zero-order chi connectivity index (χ0) is 29.3. The number of rotatable bonds is 7. The second-order valence-corrected chi connectivity index (χ2v) is 11.6. The van der Waals surface area contributed by atoms with Crippen molar-refractivity contribution in [3.63, 3.8) is 0 Å². The van der Waals surface area contributed by atoms with Crippen LogP contribution in [0.4, 0.5) is 34.3 Å². The van der Waals surface area contributed by atoms with Gasteiger partial charge >= 0.3 is 12.2 Å². The second-order valence-electron chi connectivity index (χ2n) is 9.19. The number of hydrogen-bond donors (Lipinski definition) is 2. The number of hydrogen-bond acceptors (Lipinski definition) is 8. The van der Waals surface area contributed by atoms with E-state index in [1.807, 2.05) is 0 Å². The minimum Gasteiger partial charge on any atom is -0.464 e. The zero-order valence-corrected chi connectivity index (χ0v) is 22.7. The molecule has 1 atom stereocenters. The van der Waals surface area contributed by atoms with Crippen molar-refractivity contribution >= 4 is 45.1 Å². The Hall–Kier alpha value is -3.69. The average Bonchev–Trinajstić information content (AvgIpc) is 3.29. The van der Waals surface area contributed by atoms with Crippen LogP contribution in [0.1, 0.15) is 44.9 Å². The number of halogens is 3. The van der Waals surface area contributed by atoms with Gasteiger partial charge in [0, 0.05) is 10.9 Å². The topological polar surface area (TPSA) is 137 Å². The van der Waals surface area contributed by atoms with Crippen molar-refractivity contribution in [2.24, 2.45) is 0 Å². The fourth-order valence-electron chi connectivity index (χ4n) is 3.54. The molecule has 0 fully saturated rings. The van der Waals surface area contributed by atoms with Crippen LogP contribution in [0.5, 0.6) is 0 Å². The smallest absolute Gasteiger partial charge is 0.427 e. The Labute approximate surface area is 225 Å². The third kappa shape index (κ3) is 6.49. The molecule has 0 aliphatic heterocycles. The number of aromatic nitrogens is 1. The summed E-state index contributed by atoms with van der Waals surface area (Å²) in [6, 6.07) is 4.73. The SMILES string of the molecule is CC(O)c1cccc(F)c1CN(C(=O)OC(C)(C)C)c1cc(F)c(S(=O)(=O)N(C(=O)O)c2cscn2)c(F)c1. The molecule has 2 amide bonds. The molecule has 1 unspecified atom stereocenters. The van der Waals surface area contributed by atoms with Gasteiger partial charge in [-0.3, -0.25) is 4.90 Å². The molecule has 39 heavy (non-hydrogen) atoms. The highest BCUT2D eigenvalue weighted by molar-refractivity contribution is 7.93. The van der Waals surface area contributed by atoms with Crippen molar-refractivity contribution in [3.05, 3.63) is 69.8 Å². The molecule has 1 aromatic heterocycles. The van der Waals surface area contributed by atoms with Gasteiger partial charge in [-0.25, -0.2) is 36.2 Å². The maximum Gasteiger partial charge on any atom is 0.427 e. The zero-order valence-electron chi connectivity index (χ0n) is 21.1. The molecular formula is C24H24F3N3O7S2. The van der Waals surface area contributed by atoms with Crippen LogP contribution in [0.15, 0.2) is 46.1 Å². The fraction of sp³-hybridized carbons (Fsp3) is 0.292. The van der Waals surface area contributed by atoms with Gasteiger partial charge < -0.3 is 14.9 Å². The molecule has 0 saturated heterocycles. The summed E-state index contributed by atoms with van der Waals surface area (Å²) >= 11 is 0.850. The number of nitrogens with zero attached hydrogens (tertiary/aromatic N) is 3. The normalized spacial score (nSPS) is 12.6. The molecule has 3 rings (SSSR count). The van der Waals surface area contributed by atoms with Crippen LogP contribution in [-0.4, -0.2) is 41.4 Å². The number of amides is 2. The van der Waals surface area contributed by atoms with Gasteiger partial charge in [0.25, 0.3) is 10.0 Å². The first-order chi connectivity index (χ1) is 18.0. The quantitative estimate of drug-likeness (QED) is 0.373. The predicted octanol–water partition coefficient (Wildman–Crippen LogP) is 5.43. The van der Waals surface area contributed by atoms with E-state index in [-0.39, 0.29) is 15.4 Å². The van der Waals surface area contributed by atoms with Crippen molar-refractivity contribution in [1.29, 1.82) is 0 Å². The third-order valence-corrected chi connectivity index (χ3v) is 7.43. The molecule has 10 nitrogen and oxygen atoms in total. The summed E-state index contributed by atoms with van der Waals surface area (Å²) in [5, 5.41) is 20.6. The van der Waals surface area contributed by atoms with Crippen LogP contribution in [0.25, 0.3) is 0 Å². The summed E-state index contributed by atoms with van der Waals surface area (Å²) in [6.45, 7) is 5.24. The standard InChI is InChI=1S/C24H24F3N3O7S2/c1-13(31)15-6-5-7-17(25)16(15)10-29(23(34)37-24(2,3)4)14-8-18(26)21(19(27)9-14)39(35,36)30(22(32)33)20-11-38-12-28-20/h5-9,11-13,31H,10H2,1-4H3,(H,32,33). The van der Waals surface area contributed by atoms with E-state index in [1.165, 1.54) is 39.8 Å². The molecule has 0 aliphatic carbocycles. The number of aliphatic hydroxyl groups is 1. The van der Waals surface area contributed by atoms with Crippen molar-refractivity contribution in [1.82, 2.24) is 4.98 Å². The Morgan fingerprint density at radius 2 is 1.74 bits per heavy atom. The highest BCUT2D eigenvalue weighted by Crippen LogP contribution is 2.33. The number of anilines is 2. The van der Waals surface area contributed by atoms with Crippen LogP contribution >= 0.6 is 11.3 Å². The molecule has 15 heteroatoms. The molecule has 2 N–H and O–H groups in total. The summed E-state index contributed by atoms with van der Waals surface area (Å²) in [5.74, 6) is -4.90. The van der Waals surface area contributed by atoms with Gasteiger partial charge in [0.15, 0.2) is 10.7 Å². The fourth-order valence-corrected chi connectivity index (χ4v) is 5.47. The number of aliphatic hydroxyl groups excluding tert-OH is 1. The molecule has 0 bridgehead atoms. The van der Waals surface area contributed by atoms with E-state index in [0.717, 1.165) is 28.3 Å². The monoisotopic (exact) mass is 587 g/mol. The number of ether oxygens (including phenoxy) is 1. The third-order valence-electron chi connectivity index (χ3n) is 5.13. The summed E-state index contributed by atoms with van der Waals surface area (Å²) in [7, 11) is -5.36. The lowest BCUT2D eigenvalue weighted by Crippen LogP contribution is -2.38. The van der Waals surface area contributed by atoms with E-state index >= 15 is 8.78 Å². The van der Waals surface area contributed by atoms with E-state index in [2.05, 4.69) is 4.98 Å². The number of carbonyl (C=O) groups is 2. The Balaban J connectivity index is 2.17. The Kier molecular flexibility index (Phi) is 8.57. The van der Waals surface area contributed by atoms with Crippen molar-refractivity contribution in [2.45, 2.75) is 50.8 Å². The van der Waals surface area contributed by atoms with E-state index in [0.29, 0.717) is 17.0 Å². The van der Waals surface area contributed by atoms with E-state index in [4.69, 9.17) is 4.74 Å². The van der Waals surface area contributed by atoms with E-state index in [1.54, 1.807) is 0 Å². The van der Waals surface area contributed by atoms with Gasteiger partial charge in [-0.15, -0.1) is 15.6 Å². The predicted molar refractivity (Wildman–Crippen MR) is 136 cm³/mol. The van der Waals surface area contributed by atoms with Gasteiger partial charge in [-0.1, -0.05) is 12.1 Å². The molecular weight excluding hydrogens is 563 g/mol. The van der Waals surface area contributed by atoms with E-state index < -0.39 is 74.3 Å². The first kappa shape index (κ1) is 29.9. The first-order valence-electron chi connectivity index (χ1n) is 11.2. The summed E-state index contributed by atoms with van der Waals surface area (Å²) in [6.07, 6.45) is -4.40. The van der Waals surface area contributed by atoms with Crippen LogP contribution in [-0.2, 0) is 21.3 Å². The van der Waals surface area contributed by atoms with Crippen molar-refractivity contribution < 1.29 is 46.1 Å². The Morgan fingerprint density at radius 3 is 2.23 bits per heavy atom. The van der Waals surface area contributed by atoms with Crippen molar-refractivity contribution in [3.8, 4) is 0 Å². The first-order valence-corrected chi connectivity index (χ1v) is 13.5. The van der Waals surface area contributed by atoms with Crippen LogP contribution < -0.4 is 9.21 Å². The van der Waals surface area contributed by atoms with Gasteiger partial charge in [-0.05, 0) is 51.5 Å². The average molecular weight is 588 g/mol. The van der Waals surface area contributed by atoms with Crippen LogP contribution in [0, 0.1) is 17.5 Å². The number of carbonyl (C=O) groups excluding carboxylic acids is 1. The number of sulfonamides is 1. The largest absolute Gasteiger partial charge is 0.464 e. The lowest BCUT2D eigenvalue weighted by molar-refractivity contribution is 0.0576. The highest BCUT2D eigenvalue weighted by Gasteiger charge is 2.38. The molecule has 0 aliphatic rings. The minimum atomic E-state index is -5.36. The minimum absolute atomic E-state index is 0.0871. The van der Waals surface area contributed by atoms with Gasteiger partial charge in [0.2, 0.25) is 0 Å². The Morgan fingerprint density at radius 1 is 1.13 bits per heavy atom.